The summed E-state index contributed by atoms with van der Waals surface area (Å²) in [5, 5.41) is 0. The molecular formula is C17H26O2. The predicted molar refractivity (Wildman–Crippen MR) is 79.2 cm³/mol. The van der Waals surface area contributed by atoms with E-state index in [0.29, 0.717) is 13.0 Å². The maximum absolute atomic E-state index is 11.4. The predicted octanol–water partition coefficient (Wildman–Crippen LogP) is 4.31. The Labute approximate surface area is 117 Å². The first-order valence-corrected chi connectivity index (χ1v) is 7.50. The van der Waals surface area contributed by atoms with Crippen LogP contribution in [-0.4, -0.2) is 12.6 Å². The minimum absolute atomic E-state index is 0.0621. The maximum atomic E-state index is 11.4. The van der Waals surface area contributed by atoms with Crippen LogP contribution in [0.15, 0.2) is 24.3 Å². The van der Waals surface area contributed by atoms with E-state index in [9.17, 15) is 4.79 Å². The van der Waals surface area contributed by atoms with Crippen LogP contribution in [0.2, 0.25) is 0 Å². The Morgan fingerprint density at radius 1 is 1.00 bits per heavy atom. The molecule has 2 nitrogen and oxygen atoms in total. The first-order chi connectivity index (χ1) is 9.27. The fourth-order valence-electron chi connectivity index (χ4n) is 2.12. The van der Waals surface area contributed by atoms with Gasteiger partial charge in [-0.05, 0) is 43.2 Å². The zero-order valence-electron chi connectivity index (χ0n) is 12.3. The van der Waals surface area contributed by atoms with Gasteiger partial charge in [0, 0.05) is 6.42 Å². The van der Waals surface area contributed by atoms with E-state index in [1.807, 2.05) is 6.92 Å². The summed E-state index contributed by atoms with van der Waals surface area (Å²) in [7, 11) is 0. The molecule has 0 atom stereocenters. The standard InChI is InChI=1S/C17H26O2/c1-3-5-9-15-10-6-7-11-16(15)12-8-13-17(18)19-14-4-2/h6-7,10-11H,3-5,8-9,12-14H2,1-2H3. The SMILES string of the molecule is CCCCc1ccccc1CCCC(=O)OCCC. The Balaban J connectivity index is 2.37. The van der Waals surface area contributed by atoms with Crippen molar-refractivity contribution in [2.45, 2.75) is 58.8 Å². The number of aryl methyl sites for hydroxylation is 2. The molecule has 1 aromatic rings. The summed E-state index contributed by atoms with van der Waals surface area (Å²) in [6.07, 6.45) is 6.88. The molecule has 1 rings (SSSR count). The van der Waals surface area contributed by atoms with Gasteiger partial charge < -0.3 is 4.74 Å². The highest BCUT2D eigenvalue weighted by Crippen LogP contribution is 2.15. The number of hydrogen-bond acceptors (Lipinski definition) is 2. The lowest BCUT2D eigenvalue weighted by Gasteiger charge is -2.09. The lowest BCUT2D eigenvalue weighted by molar-refractivity contribution is -0.143. The molecule has 0 saturated carbocycles. The highest BCUT2D eigenvalue weighted by atomic mass is 16.5. The number of esters is 1. The number of ether oxygens (including phenoxy) is 1. The van der Waals surface area contributed by atoms with Crippen molar-refractivity contribution in [1.29, 1.82) is 0 Å². The zero-order chi connectivity index (χ0) is 13.9. The summed E-state index contributed by atoms with van der Waals surface area (Å²) < 4.78 is 5.09. The molecule has 19 heavy (non-hydrogen) atoms. The molecule has 0 spiro atoms. The van der Waals surface area contributed by atoms with Crippen LogP contribution in [0.3, 0.4) is 0 Å². The molecule has 106 valence electrons. The Hall–Kier alpha value is -1.31. The quantitative estimate of drug-likeness (QED) is 0.620. The Morgan fingerprint density at radius 3 is 2.21 bits per heavy atom. The molecule has 0 amide bonds. The molecule has 0 aliphatic carbocycles. The fraction of sp³-hybridized carbons (Fsp3) is 0.588. The second-order valence-electron chi connectivity index (χ2n) is 4.95. The highest BCUT2D eigenvalue weighted by Gasteiger charge is 2.05. The topological polar surface area (TPSA) is 26.3 Å². The van der Waals surface area contributed by atoms with Gasteiger partial charge in [-0.2, -0.15) is 0 Å². The van der Waals surface area contributed by atoms with Gasteiger partial charge >= 0.3 is 5.97 Å². The third-order valence-electron chi connectivity index (χ3n) is 3.21. The van der Waals surface area contributed by atoms with Crippen molar-refractivity contribution in [2.75, 3.05) is 6.61 Å². The summed E-state index contributed by atoms with van der Waals surface area (Å²) >= 11 is 0. The summed E-state index contributed by atoms with van der Waals surface area (Å²) in [5.41, 5.74) is 2.82. The van der Waals surface area contributed by atoms with Crippen LogP contribution in [-0.2, 0) is 22.4 Å². The smallest absolute Gasteiger partial charge is 0.305 e. The normalized spacial score (nSPS) is 10.4. The Kier molecular flexibility index (Phi) is 7.95. The van der Waals surface area contributed by atoms with E-state index in [-0.39, 0.29) is 5.97 Å². The van der Waals surface area contributed by atoms with Crippen molar-refractivity contribution in [2.24, 2.45) is 0 Å². The van der Waals surface area contributed by atoms with Crippen LogP contribution in [0.1, 0.15) is 57.1 Å². The van der Waals surface area contributed by atoms with Gasteiger partial charge in [0.25, 0.3) is 0 Å². The van der Waals surface area contributed by atoms with Gasteiger partial charge in [-0.3, -0.25) is 4.79 Å². The lowest BCUT2D eigenvalue weighted by atomic mass is 9.98. The van der Waals surface area contributed by atoms with E-state index in [1.165, 1.54) is 24.0 Å². The second kappa shape index (κ2) is 9.60. The van der Waals surface area contributed by atoms with Crippen molar-refractivity contribution in [3.05, 3.63) is 35.4 Å². The van der Waals surface area contributed by atoms with Crippen molar-refractivity contribution in [1.82, 2.24) is 0 Å². The number of carbonyl (C=O) groups excluding carboxylic acids is 1. The monoisotopic (exact) mass is 262 g/mol. The van der Waals surface area contributed by atoms with Crippen LogP contribution in [0, 0.1) is 0 Å². The molecule has 0 radical (unpaired) electrons. The van der Waals surface area contributed by atoms with Crippen molar-refractivity contribution in [3.63, 3.8) is 0 Å². The number of benzene rings is 1. The molecule has 0 bridgehead atoms. The Bertz CT molecular complexity index is 371. The molecule has 2 heteroatoms. The molecule has 0 saturated heterocycles. The third kappa shape index (κ3) is 6.42. The first-order valence-electron chi connectivity index (χ1n) is 7.50. The van der Waals surface area contributed by atoms with Gasteiger partial charge in [0.2, 0.25) is 0 Å². The van der Waals surface area contributed by atoms with Crippen LogP contribution < -0.4 is 0 Å². The van der Waals surface area contributed by atoms with Gasteiger partial charge in [-0.1, -0.05) is 44.5 Å². The van der Waals surface area contributed by atoms with Crippen LogP contribution in [0.4, 0.5) is 0 Å². The van der Waals surface area contributed by atoms with Crippen LogP contribution >= 0.6 is 0 Å². The summed E-state index contributed by atoms with van der Waals surface area (Å²) in [6, 6.07) is 8.58. The molecule has 0 heterocycles. The zero-order valence-corrected chi connectivity index (χ0v) is 12.3. The fourth-order valence-corrected chi connectivity index (χ4v) is 2.12. The van der Waals surface area contributed by atoms with Crippen molar-refractivity contribution < 1.29 is 9.53 Å². The van der Waals surface area contributed by atoms with Crippen LogP contribution in [0.5, 0.6) is 0 Å². The number of unbranched alkanes of at least 4 members (excludes halogenated alkanes) is 1. The van der Waals surface area contributed by atoms with Crippen LogP contribution in [0.25, 0.3) is 0 Å². The number of rotatable bonds is 9. The summed E-state index contributed by atoms with van der Waals surface area (Å²) in [4.78, 5) is 11.4. The minimum atomic E-state index is -0.0621. The average molecular weight is 262 g/mol. The average Bonchev–Trinajstić information content (AvgIpc) is 2.44. The van der Waals surface area contributed by atoms with Gasteiger partial charge in [0.15, 0.2) is 0 Å². The number of hydrogen-bond donors (Lipinski definition) is 0. The van der Waals surface area contributed by atoms with Crippen molar-refractivity contribution in [3.8, 4) is 0 Å². The molecular weight excluding hydrogens is 236 g/mol. The van der Waals surface area contributed by atoms with Gasteiger partial charge in [0.05, 0.1) is 6.61 Å². The molecule has 0 aliphatic heterocycles. The van der Waals surface area contributed by atoms with Gasteiger partial charge in [0.1, 0.15) is 0 Å². The van der Waals surface area contributed by atoms with E-state index < -0.39 is 0 Å². The van der Waals surface area contributed by atoms with Crippen molar-refractivity contribution >= 4 is 5.97 Å². The van der Waals surface area contributed by atoms with E-state index in [2.05, 4.69) is 31.2 Å². The van der Waals surface area contributed by atoms with Gasteiger partial charge in [-0.25, -0.2) is 0 Å². The molecule has 0 unspecified atom stereocenters. The maximum Gasteiger partial charge on any atom is 0.305 e. The van der Waals surface area contributed by atoms with E-state index in [4.69, 9.17) is 4.74 Å². The van der Waals surface area contributed by atoms with E-state index >= 15 is 0 Å². The van der Waals surface area contributed by atoms with E-state index in [1.54, 1.807) is 0 Å². The van der Waals surface area contributed by atoms with E-state index in [0.717, 1.165) is 25.7 Å². The highest BCUT2D eigenvalue weighted by molar-refractivity contribution is 5.69. The minimum Gasteiger partial charge on any atom is -0.466 e. The second-order valence-corrected chi connectivity index (χ2v) is 4.95. The first kappa shape index (κ1) is 15.7. The molecule has 0 aliphatic rings. The largest absolute Gasteiger partial charge is 0.466 e. The third-order valence-corrected chi connectivity index (χ3v) is 3.21. The Morgan fingerprint density at radius 2 is 1.63 bits per heavy atom. The molecule has 0 aromatic heterocycles. The molecule has 0 fully saturated rings. The molecule has 1 aromatic carbocycles. The lowest BCUT2D eigenvalue weighted by Crippen LogP contribution is -2.06. The van der Waals surface area contributed by atoms with Gasteiger partial charge in [-0.15, -0.1) is 0 Å². The summed E-state index contributed by atoms with van der Waals surface area (Å²) in [6.45, 7) is 4.77. The molecule has 0 N–H and O–H groups in total. The summed E-state index contributed by atoms with van der Waals surface area (Å²) in [5.74, 6) is -0.0621. The number of carbonyl (C=O) groups is 1.